The highest BCUT2D eigenvalue weighted by Crippen LogP contribution is 2.36. The van der Waals surface area contributed by atoms with Crippen LogP contribution in [-0.4, -0.2) is 34.4 Å². The van der Waals surface area contributed by atoms with Crippen LogP contribution in [0.1, 0.15) is 25.5 Å². The van der Waals surface area contributed by atoms with Crippen molar-refractivity contribution in [3.05, 3.63) is 94.5 Å². The molecule has 0 saturated heterocycles. The van der Waals surface area contributed by atoms with Gasteiger partial charge in [0.15, 0.2) is 10.6 Å². The van der Waals surface area contributed by atoms with E-state index in [0.29, 0.717) is 43.9 Å². The predicted octanol–water partition coefficient (Wildman–Crippen LogP) is 7.29. The minimum Gasteiger partial charge on any atom is -0.356 e. The largest absolute Gasteiger partial charge is 0.356 e. The van der Waals surface area contributed by atoms with Crippen LogP contribution in [0.15, 0.2) is 83.4 Å². The molecule has 0 spiro atoms. The summed E-state index contributed by atoms with van der Waals surface area (Å²) in [4.78, 5) is 26.4. The van der Waals surface area contributed by atoms with Crippen LogP contribution in [0, 0.1) is 5.92 Å². The van der Waals surface area contributed by atoms with Crippen molar-refractivity contribution in [2.45, 2.75) is 30.8 Å². The molecule has 3 N–H and O–H groups in total. The molecule has 4 rings (SSSR count). The first-order valence-electron chi connectivity index (χ1n) is 12.8. The van der Waals surface area contributed by atoms with Crippen molar-refractivity contribution in [3.63, 3.8) is 0 Å². The number of nitrogens with one attached hydrogen (secondary N) is 1. The zero-order chi connectivity index (χ0) is 29.7. The summed E-state index contributed by atoms with van der Waals surface area (Å²) in [5.74, 6) is -0.529. The summed E-state index contributed by atoms with van der Waals surface area (Å²) in [6.45, 7) is 3.97. The van der Waals surface area contributed by atoms with Gasteiger partial charge in [0.2, 0.25) is 5.91 Å². The topological polar surface area (TPSA) is 101 Å². The maximum atomic E-state index is 13.2. The van der Waals surface area contributed by atoms with Crippen LogP contribution in [0.2, 0.25) is 10.0 Å². The molecule has 0 saturated carbocycles. The van der Waals surface area contributed by atoms with Gasteiger partial charge >= 0.3 is 0 Å². The highest BCUT2D eigenvalue weighted by atomic mass is 35.5. The highest BCUT2D eigenvalue weighted by Gasteiger charge is 2.29. The Hall–Kier alpha value is -3.07. The molecule has 3 aromatic carbocycles. The fourth-order valence-electron chi connectivity index (χ4n) is 4.24. The van der Waals surface area contributed by atoms with Gasteiger partial charge in [0, 0.05) is 35.5 Å². The van der Waals surface area contributed by atoms with Crippen LogP contribution in [0.5, 0.6) is 0 Å². The molecule has 4 aromatic rings. The number of rotatable bonds is 10. The second-order valence-electron chi connectivity index (χ2n) is 9.72. The van der Waals surface area contributed by atoms with Crippen molar-refractivity contribution in [2.75, 3.05) is 11.4 Å². The van der Waals surface area contributed by atoms with Gasteiger partial charge in [-0.3, -0.25) is 9.59 Å². The van der Waals surface area contributed by atoms with Gasteiger partial charge in [0.25, 0.3) is 5.91 Å². The van der Waals surface area contributed by atoms with Gasteiger partial charge in [-0.05, 0) is 35.7 Å². The van der Waals surface area contributed by atoms with Crippen molar-refractivity contribution in [1.82, 2.24) is 10.5 Å². The molecule has 214 valence electrons. The summed E-state index contributed by atoms with van der Waals surface area (Å²) in [6, 6.07) is 21.7. The minimum atomic E-state index is -1.33. The van der Waals surface area contributed by atoms with E-state index in [1.54, 1.807) is 54.6 Å². The third kappa shape index (κ3) is 7.42. The molecular formula is C30H28Cl4N4O3. The first kappa shape index (κ1) is 30.9. The van der Waals surface area contributed by atoms with E-state index in [9.17, 15) is 9.59 Å². The molecule has 1 heterocycles. The lowest BCUT2D eigenvalue weighted by molar-refractivity contribution is -0.124. The van der Waals surface area contributed by atoms with Crippen LogP contribution in [0.3, 0.4) is 0 Å². The summed E-state index contributed by atoms with van der Waals surface area (Å²) in [5, 5.41) is 8.01. The Balaban J connectivity index is 1.61. The fraction of sp³-hybridized carbons (Fsp3) is 0.233. The van der Waals surface area contributed by atoms with Crippen molar-refractivity contribution in [1.29, 1.82) is 0 Å². The van der Waals surface area contributed by atoms with Gasteiger partial charge in [0.1, 0.15) is 11.7 Å². The van der Waals surface area contributed by atoms with Crippen molar-refractivity contribution in [3.8, 4) is 22.6 Å². The molecule has 2 amide bonds. The lowest BCUT2D eigenvalue weighted by Gasteiger charge is -2.31. The first-order valence-corrected chi connectivity index (χ1v) is 14.4. The molecule has 41 heavy (non-hydrogen) atoms. The second-order valence-corrected chi connectivity index (χ2v) is 11.6. The molecule has 0 fully saturated rings. The number of aromatic nitrogens is 1. The number of anilines is 1. The summed E-state index contributed by atoms with van der Waals surface area (Å²) in [5.41, 5.74) is 9.05. The number of nitrogens with zero attached hydrogens (tertiary/aromatic N) is 2. The van der Waals surface area contributed by atoms with Crippen molar-refractivity contribution >= 4 is 63.9 Å². The second kappa shape index (κ2) is 13.7. The number of benzene rings is 3. The number of nitrogens with two attached hydrogens (primary N) is 1. The first-order chi connectivity index (χ1) is 19.6. The number of amides is 2. The lowest BCUT2D eigenvalue weighted by Crippen LogP contribution is -2.51. The SMILES string of the molecule is CC(C)[C@H](CN(C(=O)C(Cl)Cl)c1cccc(-c2cc(-c3c(Cl)cccc3Cl)no2)c1)NC(=O)[C@@H](N)c1ccccc1. The van der Waals surface area contributed by atoms with Gasteiger partial charge < -0.3 is 20.5 Å². The zero-order valence-electron chi connectivity index (χ0n) is 22.2. The molecule has 0 unspecified atom stereocenters. The Morgan fingerprint density at radius 3 is 2.24 bits per heavy atom. The van der Waals surface area contributed by atoms with E-state index in [1.165, 1.54) is 4.90 Å². The number of hydrogen-bond acceptors (Lipinski definition) is 5. The molecule has 0 bridgehead atoms. The monoisotopic (exact) mass is 632 g/mol. The Bertz CT molecular complexity index is 1490. The summed E-state index contributed by atoms with van der Waals surface area (Å²) >= 11 is 24.8. The maximum Gasteiger partial charge on any atom is 0.260 e. The van der Waals surface area contributed by atoms with Crippen LogP contribution in [0.4, 0.5) is 5.69 Å². The van der Waals surface area contributed by atoms with Crippen LogP contribution in [0.25, 0.3) is 22.6 Å². The van der Waals surface area contributed by atoms with Crippen LogP contribution >= 0.6 is 46.4 Å². The summed E-state index contributed by atoms with van der Waals surface area (Å²) in [7, 11) is 0. The molecule has 1 aromatic heterocycles. The van der Waals surface area contributed by atoms with Crippen LogP contribution < -0.4 is 16.0 Å². The Kier molecular flexibility index (Phi) is 10.3. The van der Waals surface area contributed by atoms with Gasteiger partial charge in [0.05, 0.1) is 10.0 Å². The Morgan fingerprint density at radius 2 is 1.61 bits per heavy atom. The van der Waals surface area contributed by atoms with Crippen molar-refractivity contribution in [2.24, 2.45) is 11.7 Å². The van der Waals surface area contributed by atoms with E-state index in [0.717, 1.165) is 0 Å². The van der Waals surface area contributed by atoms with E-state index >= 15 is 0 Å². The van der Waals surface area contributed by atoms with E-state index in [1.807, 2.05) is 38.1 Å². The third-order valence-corrected chi connectivity index (χ3v) is 7.58. The molecule has 0 radical (unpaired) electrons. The highest BCUT2D eigenvalue weighted by molar-refractivity contribution is 6.54. The zero-order valence-corrected chi connectivity index (χ0v) is 25.3. The van der Waals surface area contributed by atoms with Crippen molar-refractivity contribution < 1.29 is 14.1 Å². The van der Waals surface area contributed by atoms with Gasteiger partial charge in [-0.25, -0.2) is 0 Å². The smallest absolute Gasteiger partial charge is 0.260 e. The number of carbonyl (C=O) groups excluding carboxylic acids is 2. The molecule has 7 nitrogen and oxygen atoms in total. The molecular weight excluding hydrogens is 606 g/mol. The number of carbonyl (C=O) groups is 2. The maximum absolute atomic E-state index is 13.2. The fourth-order valence-corrected chi connectivity index (χ4v) is 5.07. The molecule has 11 heteroatoms. The van der Waals surface area contributed by atoms with Gasteiger partial charge in [-0.15, -0.1) is 0 Å². The quantitative estimate of drug-likeness (QED) is 0.179. The number of halogens is 4. The average molecular weight is 634 g/mol. The lowest BCUT2D eigenvalue weighted by atomic mass is 10.0. The van der Waals surface area contributed by atoms with E-state index in [4.69, 9.17) is 56.7 Å². The third-order valence-electron chi connectivity index (χ3n) is 6.58. The van der Waals surface area contributed by atoms with Gasteiger partial charge in [-0.2, -0.15) is 0 Å². The number of alkyl halides is 2. The molecule has 0 aliphatic carbocycles. The normalized spacial score (nSPS) is 12.8. The van der Waals surface area contributed by atoms with E-state index in [-0.39, 0.29) is 18.4 Å². The van der Waals surface area contributed by atoms with E-state index in [2.05, 4.69) is 10.5 Å². The summed E-state index contributed by atoms with van der Waals surface area (Å²) in [6.07, 6.45) is 0. The van der Waals surface area contributed by atoms with Crippen LogP contribution in [-0.2, 0) is 9.59 Å². The predicted molar refractivity (Wildman–Crippen MR) is 165 cm³/mol. The standard InChI is InChI=1S/C30H28Cl4N4O3/c1-17(2)24(36-29(39)27(35)18-8-4-3-5-9-18)16-38(30(40)28(33)34)20-11-6-10-19(14-20)25-15-23(37-41-25)26-21(31)12-7-13-22(26)32/h3-15,17,24,27-28H,16,35H2,1-2H3,(H,36,39)/t24-,27-/m0/s1. The molecule has 0 aliphatic heterocycles. The van der Waals surface area contributed by atoms with E-state index < -0.39 is 22.8 Å². The molecule has 0 aliphatic rings. The van der Waals surface area contributed by atoms with Gasteiger partial charge in [-0.1, -0.05) is 114 Å². The Morgan fingerprint density at radius 1 is 0.951 bits per heavy atom. The summed E-state index contributed by atoms with van der Waals surface area (Å²) < 4.78 is 5.60. The average Bonchev–Trinajstić information content (AvgIpc) is 3.44. The minimum absolute atomic E-state index is 0.0540. The molecule has 2 atom stereocenters. The number of hydrogen-bond donors (Lipinski definition) is 2. The Labute approximate surface area is 258 Å².